The highest BCUT2D eigenvalue weighted by Gasteiger charge is 2.29. The van der Waals surface area contributed by atoms with E-state index in [4.69, 9.17) is 0 Å². The molecule has 2 aliphatic rings. The second kappa shape index (κ2) is 5.64. The van der Waals surface area contributed by atoms with Crippen molar-refractivity contribution < 1.29 is 8.42 Å². The van der Waals surface area contributed by atoms with Gasteiger partial charge in [0.05, 0.1) is 4.90 Å². The summed E-state index contributed by atoms with van der Waals surface area (Å²) < 4.78 is 27.6. The van der Waals surface area contributed by atoms with Crippen LogP contribution in [-0.4, -0.2) is 30.8 Å². The Kier molecular flexibility index (Phi) is 3.73. The summed E-state index contributed by atoms with van der Waals surface area (Å²) in [4.78, 5) is 3.92. The largest absolute Gasteiger partial charge is 0.358 e. The third-order valence-electron chi connectivity index (χ3n) is 5.33. The van der Waals surface area contributed by atoms with Gasteiger partial charge in [-0.25, -0.2) is 8.42 Å². The first kappa shape index (κ1) is 15.2. The molecule has 5 heteroatoms. The summed E-state index contributed by atoms with van der Waals surface area (Å²) in [7, 11) is -3.37. The molecule has 0 bridgehead atoms. The van der Waals surface area contributed by atoms with Gasteiger partial charge in [-0.3, -0.25) is 0 Å². The fourth-order valence-corrected chi connectivity index (χ4v) is 5.68. The summed E-state index contributed by atoms with van der Waals surface area (Å²) in [5.41, 5.74) is 3.70. The van der Waals surface area contributed by atoms with Gasteiger partial charge in [0.2, 0.25) is 10.0 Å². The third-order valence-corrected chi connectivity index (χ3v) is 7.19. The number of nitrogens with one attached hydrogen (secondary N) is 1. The molecular weight excluding hydrogens is 308 g/mol. The number of sulfonamides is 1. The number of piperidine rings is 1. The molecule has 0 radical (unpaired) electrons. The Morgan fingerprint density at radius 2 is 2.00 bits per heavy atom. The Morgan fingerprint density at radius 1 is 1.17 bits per heavy atom. The minimum absolute atomic E-state index is 0.447. The molecule has 1 aromatic heterocycles. The van der Waals surface area contributed by atoms with Gasteiger partial charge in [-0.2, -0.15) is 4.31 Å². The maximum atomic E-state index is 13.0. The molecular formula is C18H24N2O2S. The summed E-state index contributed by atoms with van der Waals surface area (Å²) in [6, 6.07) is 5.59. The summed E-state index contributed by atoms with van der Waals surface area (Å²) in [5, 5.41) is 1.10. The summed E-state index contributed by atoms with van der Waals surface area (Å²) in [6.07, 6.45) is 6.63. The molecule has 1 aliphatic carbocycles. The van der Waals surface area contributed by atoms with Crippen LogP contribution in [0.5, 0.6) is 0 Å². The lowest BCUT2D eigenvalue weighted by atomic mass is 9.96. The van der Waals surface area contributed by atoms with Crippen LogP contribution in [0.25, 0.3) is 10.9 Å². The Bertz CT molecular complexity index is 838. The number of aromatic amines is 1. The first-order chi connectivity index (χ1) is 11.1. The zero-order valence-electron chi connectivity index (χ0n) is 13.6. The second-order valence-corrected chi connectivity index (χ2v) is 9.04. The second-order valence-electron chi connectivity index (χ2n) is 7.11. The van der Waals surface area contributed by atoms with E-state index in [1.165, 1.54) is 24.1 Å². The lowest BCUT2D eigenvalue weighted by Gasteiger charge is -2.30. The normalized spacial score (nSPS) is 23.1. The Morgan fingerprint density at radius 3 is 2.83 bits per heavy atom. The van der Waals surface area contributed by atoms with Gasteiger partial charge in [0.1, 0.15) is 0 Å². The molecule has 4 nitrogen and oxygen atoms in total. The van der Waals surface area contributed by atoms with E-state index in [1.807, 2.05) is 12.1 Å². The van der Waals surface area contributed by atoms with E-state index < -0.39 is 10.0 Å². The topological polar surface area (TPSA) is 53.2 Å². The van der Waals surface area contributed by atoms with Gasteiger partial charge in [-0.05, 0) is 68.2 Å². The van der Waals surface area contributed by atoms with E-state index in [9.17, 15) is 8.42 Å². The van der Waals surface area contributed by atoms with Gasteiger partial charge in [-0.1, -0.05) is 6.92 Å². The standard InChI is InChI=1S/C18H24N2O2S/c1-13-5-4-10-20(12-13)23(21,22)14-8-9-18-16(11-14)15-6-2-3-7-17(15)19-18/h8-9,11,13,19H,2-7,10,12H2,1H3/t13-/m1/s1. The number of H-pyrrole nitrogens is 1. The molecule has 0 amide bonds. The first-order valence-corrected chi connectivity index (χ1v) is 10.1. The smallest absolute Gasteiger partial charge is 0.243 e. The maximum absolute atomic E-state index is 13.0. The monoisotopic (exact) mass is 332 g/mol. The molecule has 124 valence electrons. The molecule has 0 spiro atoms. The van der Waals surface area contributed by atoms with Crippen molar-refractivity contribution in [1.29, 1.82) is 0 Å². The molecule has 0 unspecified atom stereocenters. The van der Waals surface area contributed by atoms with Crippen LogP contribution in [0.2, 0.25) is 0 Å². The highest BCUT2D eigenvalue weighted by Crippen LogP contribution is 2.32. The Balaban J connectivity index is 1.76. The lowest BCUT2D eigenvalue weighted by molar-refractivity contribution is 0.281. The molecule has 1 fully saturated rings. The molecule has 23 heavy (non-hydrogen) atoms. The van der Waals surface area contributed by atoms with E-state index in [0.717, 1.165) is 36.6 Å². The highest BCUT2D eigenvalue weighted by atomic mass is 32.2. The molecule has 2 heterocycles. The van der Waals surface area contributed by atoms with E-state index >= 15 is 0 Å². The predicted molar refractivity (Wildman–Crippen MR) is 92.1 cm³/mol. The van der Waals surface area contributed by atoms with Crippen molar-refractivity contribution in [3.63, 3.8) is 0 Å². The van der Waals surface area contributed by atoms with E-state index in [-0.39, 0.29) is 0 Å². The average molecular weight is 332 g/mol. The van der Waals surface area contributed by atoms with Gasteiger partial charge in [0.15, 0.2) is 0 Å². The van der Waals surface area contributed by atoms with Crippen molar-refractivity contribution in [3.05, 3.63) is 29.5 Å². The van der Waals surface area contributed by atoms with Crippen LogP contribution in [-0.2, 0) is 22.9 Å². The number of benzene rings is 1. The molecule has 0 saturated carbocycles. The molecule has 1 aliphatic heterocycles. The molecule has 1 atom stereocenters. The van der Waals surface area contributed by atoms with Crippen molar-refractivity contribution in [2.24, 2.45) is 5.92 Å². The SMILES string of the molecule is C[C@@H]1CCCN(S(=O)(=O)c2ccc3[nH]c4c(c3c2)CCCC4)C1. The van der Waals surface area contributed by atoms with Crippen LogP contribution in [0.15, 0.2) is 23.1 Å². The van der Waals surface area contributed by atoms with Crippen molar-refractivity contribution in [3.8, 4) is 0 Å². The summed E-state index contributed by atoms with van der Waals surface area (Å²) in [5.74, 6) is 0.447. The van der Waals surface area contributed by atoms with Crippen molar-refractivity contribution in [2.75, 3.05) is 13.1 Å². The van der Waals surface area contributed by atoms with Crippen LogP contribution in [0.3, 0.4) is 0 Å². The number of nitrogens with zero attached hydrogens (tertiary/aromatic N) is 1. The third kappa shape index (κ3) is 2.60. The Hall–Kier alpha value is -1.33. The zero-order valence-corrected chi connectivity index (χ0v) is 14.5. The average Bonchev–Trinajstić information content (AvgIpc) is 2.92. The number of hydrogen-bond donors (Lipinski definition) is 1. The summed E-state index contributed by atoms with van der Waals surface area (Å²) in [6.45, 7) is 3.43. The van der Waals surface area contributed by atoms with Gasteiger partial charge in [-0.15, -0.1) is 0 Å². The summed E-state index contributed by atoms with van der Waals surface area (Å²) >= 11 is 0. The van der Waals surface area contributed by atoms with Gasteiger partial charge in [0.25, 0.3) is 0 Å². The molecule has 4 rings (SSSR count). The Labute approximate surface area is 137 Å². The van der Waals surface area contributed by atoms with Crippen LogP contribution in [0.4, 0.5) is 0 Å². The zero-order chi connectivity index (χ0) is 16.0. The number of aryl methyl sites for hydroxylation is 2. The first-order valence-electron chi connectivity index (χ1n) is 8.69. The molecule has 1 N–H and O–H groups in total. The van der Waals surface area contributed by atoms with E-state index in [2.05, 4.69) is 11.9 Å². The quantitative estimate of drug-likeness (QED) is 0.915. The van der Waals surface area contributed by atoms with Crippen LogP contribution in [0.1, 0.15) is 43.9 Å². The van der Waals surface area contributed by atoms with Crippen LogP contribution < -0.4 is 0 Å². The number of hydrogen-bond acceptors (Lipinski definition) is 2. The molecule has 2 aromatic rings. The fraction of sp³-hybridized carbons (Fsp3) is 0.556. The molecule has 1 aromatic carbocycles. The van der Waals surface area contributed by atoms with Gasteiger partial charge in [0, 0.05) is 29.7 Å². The number of aromatic nitrogens is 1. The highest BCUT2D eigenvalue weighted by molar-refractivity contribution is 7.89. The number of rotatable bonds is 2. The van der Waals surface area contributed by atoms with Crippen LogP contribution >= 0.6 is 0 Å². The van der Waals surface area contributed by atoms with Crippen LogP contribution in [0, 0.1) is 5.92 Å². The van der Waals surface area contributed by atoms with Crippen molar-refractivity contribution in [2.45, 2.75) is 50.3 Å². The van der Waals surface area contributed by atoms with Crippen molar-refractivity contribution >= 4 is 20.9 Å². The minimum atomic E-state index is -3.37. The molecule has 1 saturated heterocycles. The van der Waals surface area contributed by atoms with E-state index in [1.54, 1.807) is 10.4 Å². The maximum Gasteiger partial charge on any atom is 0.243 e. The van der Waals surface area contributed by atoms with E-state index in [0.29, 0.717) is 23.9 Å². The number of fused-ring (bicyclic) bond motifs is 3. The fourth-order valence-electron chi connectivity index (χ4n) is 4.06. The van der Waals surface area contributed by atoms with Gasteiger partial charge >= 0.3 is 0 Å². The van der Waals surface area contributed by atoms with Gasteiger partial charge < -0.3 is 4.98 Å². The lowest BCUT2D eigenvalue weighted by Crippen LogP contribution is -2.39. The van der Waals surface area contributed by atoms with Crippen molar-refractivity contribution in [1.82, 2.24) is 9.29 Å². The predicted octanol–water partition coefficient (Wildman–Crippen LogP) is 3.47. The minimum Gasteiger partial charge on any atom is -0.358 e.